The molecular weight excluding hydrogens is 392 g/mol. The van der Waals surface area contributed by atoms with Gasteiger partial charge in [0, 0.05) is 14.9 Å². The van der Waals surface area contributed by atoms with Crippen LogP contribution in [0.2, 0.25) is 0 Å². The molecular formula is C22H25BrOS. The average Bonchev–Trinajstić information content (AvgIpc) is 2.64. The van der Waals surface area contributed by atoms with Crippen molar-refractivity contribution in [3.05, 3.63) is 70.2 Å². The molecule has 2 aromatic rings. The summed E-state index contributed by atoms with van der Waals surface area (Å²) in [6.45, 7) is 2.25. The molecule has 0 radical (unpaired) electrons. The second kappa shape index (κ2) is 11.3. The number of rotatable bonds is 10. The quantitative estimate of drug-likeness (QED) is 0.173. The van der Waals surface area contributed by atoms with Gasteiger partial charge in [0.1, 0.15) is 0 Å². The molecule has 2 rings (SSSR count). The number of carbonyl (C=O) groups excluding carboxylic acids is 1. The Hall–Kier alpha value is -1.32. The van der Waals surface area contributed by atoms with Crippen LogP contribution in [0.3, 0.4) is 0 Å². The number of halogens is 1. The van der Waals surface area contributed by atoms with E-state index in [2.05, 4.69) is 47.1 Å². The molecule has 0 aliphatic heterocycles. The van der Waals surface area contributed by atoms with Gasteiger partial charge < -0.3 is 0 Å². The zero-order chi connectivity index (χ0) is 17.9. The predicted molar refractivity (Wildman–Crippen MR) is 113 cm³/mol. The molecule has 1 nitrogen and oxygen atoms in total. The van der Waals surface area contributed by atoms with Gasteiger partial charge in [-0.3, -0.25) is 4.79 Å². The zero-order valence-corrected chi connectivity index (χ0v) is 17.1. The Morgan fingerprint density at radius 2 is 1.64 bits per heavy atom. The van der Waals surface area contributed by atoms with Crippen LogP contribution in [0, 0.1) is 0 Å². The summed E-state index contributed by atoms with van der Waals surface area (Å²) < 4.78 is 0.978. The number of ketones is 1. The molecule has 25 heavy (non-hydrogen) atoms. The maximum atomic E-state index is 12.1. The summed E-state index contributed by atoms with van der Waals surface area (Å²) in [5.74, 6) is 1.21. The Kier molecular flexibility index (Phi) is 9.06. The van der Waals surface area contributed by atoms with Crippen molar-refractivity contribution in [3.63, 3.8) is 0 Å². The summed E-state index contributed by atoms with van der Waals surface area (Å²) in [4.78, 5) is 13.4. The Labute approximate surface area is 164 Å². The van der Waals surface area contributed by atoms with E-state index < -0.39 is 0 Å². The van der Waals surface area contributed by atoms with E-state index in [9.17, 15) is 4.79 Å². The molecule has 0 saturated carbocycles. The molecule has 0 heterocycles. The van der Waals surface area contributed by atoms with Crippen molar-refractivity contribution < 1.29 is 4.79 Å². The minimum atomic E-state index is 0.0260. The van der Waals surface area contributed by atoms with Gasteiger partial charge in [0.25, 0.3) is 0 Å². The van der Waals surface area contributed by atoms with Crippen LogP contribution < -0.4 is 0 Å². The summed E-state index contributed by atoms with van der Waals surface area (Å²) in [6, 6.07) is 15.9. The summed E-state index contributed by atoms with van der Waals surface area (Å²) in [5, 5.41) is 0. The Bertz CT molecular complexity index is 674. The Morgan fingerprint density at radius 3 is 2.32 bits per heavy atom. The van der Waals surface area contributed by atoms with Crippen LogP contribution in [0.4, 0.5) is 0 Å². The molecule has 3 heteroatoms. The molecule has 0 unspecified atom stereocenters. The van der Waals surface area contributed by atoms with E-state index >= 15 is 0 Å². The predicted octanol–water partition coefficient (Wildman–Crippen LogP) is 7.41. The highest BCUT2D eigenvalue weighted by molar-refractivity contribution is 9.10. The molecule has 2 aromatic carbocycles. The molecule has 0 aliphatic rings. The molecule has 0 atom stereocenters. The number of carbonyl (C=O) groups is 1. The van der Waals surface area contributed by atoms with Gasteiger partial charge in [0.15, 0.2) is 5.78 Å². The van der Waals surface area contributed by atoms with Crippen LogP contribution in [-0.2, 0) is 0 Å². The smallest absolute Gasteiger partial charge is 0.185 e. The van der Waals surface area contributed by atoms with Gasteiger partial charge in [0.05, 0.1) is 0 Å². The highest BCUT2D eigenvalue weighted by Gasteiger charge is 2.01. The Morgan fingerprint density at radius 1 is 0.960 bits per heavy atom. The van der Waals surface area contributed by atoms with Crippen LogP contribution in [0.15, 0.2) is 64.0 Å². The topological polar surface area (TPSA) is 17.1 Å². The van der Waals surface area contributed by atoms with Gasteiger partial charge in [0.2, 0.25) is 0 Å². The summed E-state index contributed by atoms with van der Waals surface area (Å²) >= 11 is 5.29. The fraction of sp³-hybridized carbons (Fsp3) is 0.318. The van der Waals surface area contributed by atoms with E-state index in [1.54, 1.807) is 6.08 Å². The molecule has 0 bridgehead atoms. The molecule has 0 spiro atoms. The monoisotopic (exact) mass is 416 g/mol. The molecule has 0 N–H and O–H groups in total. The number of hydrogen-bond acceptors (Lipinski definition) is 2. The largest absolute Gasteiger partial charge is 0.289 e. The van der Waals surface area contributed by atoms with Gasteiger partial charge in [-0.2, -0.15) is 0 Å². The van der Waals surface area contributed by atoms with Crippen LogP contribution in [0.25, 0.3) is 6.08 Å². The summed E-state index contributed by atoms with van der Waals surface area (Å²) in [6.07, 6.45) is 10.1. The van der Waals surface area contributed by atoms with Crippen molar-refractivity contribution in [1.82, 2.24) is 0 Å². The van der Waals surface area contributed by atoms with E-state index in [-0.39, 0.29) is 5.78 Å². The summed E-state index contributed by atoms with van der Waals surface area (Å²) in [7, 11) is 0. The minimum Gasteiger partial charge on any atom is -0.289 e. The van der Waals surface area contributed by atoms with Crippen LogP contribution in [0.1, 0.15) is 54.9 Å². The van der Waals surface area contributed by atoms with Crippen molar-refractivity contribution in [2.45, 2.75) is 43.9 Å². The van der Waals surface area contributed by atoms with Gasteiger partial charge in [-0.15, -0.1) is 11.8 Å². The van der Waals surface area contributed by atoms with Crippen molar-refractivity contribution >= 4 is 39.6 Å². The van der Waals surface area contributed by atoms with E-state index in [4.69, 9.17) is 0 Å². The molecule has 0 aliphatic carbocycles. The average molecular weight is 417 g/mol. The SMILES string of the molecule is CCCCCCCSc1ccc(C=CC(=O)c2ccc(Br)cc2)cc1. The number of benzene rings is 2. The number of hydrogen-bond donors (Lipinski definition) is 0. The first kappa shape index (κ1) is 20.0. The third-order valence-corrected chi connectivity index (χ3v) is 5.58. The van der Waals surface area contributed by atoms with Crippen molar-refractivity contribution in [3.8, 4) is 0 Å². The van der Waals surface area contributed by atoms with Crippen LogP contribution in [0.5, 0.6) is 0 Å². The second-order valence-corrected chi connectivity index (χ2v) is 8.12. The lowest BCUT2D eigenvalue weighted by atomic mass is 10.1. The third kappa shape index (κ3) is 7.62. The fourth-order valence-corrected chi connectivity index (χ4v) is 3.63. The van der Waals surface area contributed by atoms with E-state index in [0.717, 1.165) is 10.0 Å². The lowest BCUT2D eigenvalue weighted by molar-refractivity contribution is 0.104. The van der Waals surface area contributed by atoms with Crippen LogP contribution in [-0.4, -0.2) is 11.5 Å². The lowest BCUT2D eigenvalue weighted by Gasteiger charge is -2.02. The van der Waals surface area contributed by atoms with E-state index in [0.29, 0.717) is 5.56 Å². The number of thioether (sulfide) groups is 1. The maximum Gasteiger partial charge on any atom is 0.185 e. The minimum absolute atomic E-state index is 0.0260. The molecule has 0 saturated heterocycles. The molecule has 0 amide bonds. The van der Waals surface area contributed by atoms with Crippen molar-refractivity contribution in [1.29, 1.82) is 0 Å². The summed E-state index contributed by atoms with van der Waals surface area (Å²) in [5.41, 5.74) is 1.76. The Balaban J connectivity index is 1.79. The first-order valence-electron chi connectivity index (χ1n) is 8.90. The van der Waals surface area contributed by atoms with Gasteiger partial charge in [-0.05, 0) is 60.2 Å². The zero-order valence-electron chi connectivity index (χ0n) is 14.7. The second-order valence-electron chi connectivity index (χ2n) is 6.04. The highest BCUT2D eigenvalue weighted by Crippen LogP contribution is 2.21. The van der Waals surface area contributed by atoms with Gasteiger partial charge in [-0.1, -0.05) is 66.7 Å². The van der Waals surface area contributed by atoms with Crippen molar-refractivity contribution in [2.75, 3.05) is 5.75 Å². The standard InChI is InChI=1S/C22H25BrOS/c1-2-3-4-5-6-17-25-21-14-7-18(8-15-21)9-16-22(24)19-10-12-20(23)13-11-19/h7-16H,2-6,17H2,1H3. The highest BCUT2D eigenvalue weighted by atomic mass is 79.9. The number of unbranched alkanes of at least 4 members (excludes halogenated alkanes) is 4. The first-order chi connectivity index (χ1) is 12.2. The van der Waals surface area contributed by atoms with Gasteiger partial charge >= 0.3 is 0 Å². The molecule has 132 valence electrons. The lowest BCUT2D eigenvalue weighted by Crippen LogP contribution is -1.93. The third-order valence-electron chi connectivity index (χ3n) is 3.95. The maximum absolute atomic E-state index is 12.1. The normalized spacial score (nSPS) is 11.1. The van der Waals surface area contributed by atoms with E-state index in [1.807, 2.05) is 42.1 Å². The van der Waals surface area contributed by atoms with Gasteiger partial charge in [-0.25, -0.2) is 0 Å². The molecule has 0 fully saturated rings. The van der Waals surface area contributed by atoms with Crippen molar-refractivity contribution in [2.24, 2.45) is 0 Å². The van der Waals surface area contributed by atoms with Crippen LogP contribution >= 0.6 is 27.7 Å². The first-order valence-corrected chi connectivity index (χ1v) is 10.7. The molecule has 0 aromatic heterocycles. The fourth-order valence-electron chi connectivity index (χ4n) is 2.45. The number of allylic oxidation sites excluding steroid dienone is 1. The van der Waals surface area contributed by atoms with E-state index in [1.165, 1.54) is 42.8 Å².